The molecule has 0 aliphatic carbocycles. The SMILES string of the molecule is CCC(C)N=C(/C(CC(C=O)NC(=O)c1cccc(C)c1)=C(/C)N)N(C)C(C)=O.Fc1ccccc1. The molecular formula is C28H37FN4O3. The van der Waals surface area contributed by atoms with Gasteiger partial charge in [0.05, 0.1) is 6.04 Å². The summed E-state index contributed by atoms with van der Waals surface area (Å²) in [4.78, 5) is 42.3. The Morgan fingerprint density at radius 3 is 2.22 bits per heavy atom. The number of aliphatic imine (C=N–C) groups is 1. The summed E-state index contributed by atoms with van der Waals surface area (Å²) < 4.78 is 11.9. The number of carbonyl (C=O) groups excluding carboxylic acids is 3. The van der Waals surface area contributed by atoms with E-state index in [0.29, 0.717) is 29.0 Å². The Hall–Kier alpha value is -3.81. The van der Waals surface area contributed by atoms with Crippen LogP contribution in [-0.4, -0.2) is 48.0 Å². The van der Waals surface area contributed by atoms with Gasteiger partial charge in [-0.25, -0.2) is 4.39 Å². The van der Waals surface area contributed by atoms with E-state index in [4.69, 9.17) is 5.73 Å². The minimum absolute atomic E-state index is 0.0299. The number of nitrogens with two attached hydrogens (primary N) is 1. The number of nitrogens with one attached hydrogen (secondary N) is 1. The van der Waals surface area contributed by atoms with E-state index in [9.17, 15) is 18.8 Å². The summed E-state index contributed by atoms with van der Waals surface area (Å²) in [5, 5.41) is 2.73. The first-order valence-corrected chi connectivity index (χ1v) is 11.8. The number of nitrogens with zero attached hydrogens (tertiary/aromatic N) is 2. The van der Waals surface area contributed by atoms with E-state index in [0.717, 1.165) is 12.0 Å². The van der Waals surface area contributed by atoms with Crippen LogP contribution in [0.1, 0.15) is 56.5 Å². The fourth-order valence-corrected chi connectivity index (χ4v) is 3.05. The fraction of sp³-hybridized carbons (Fsp3) is 0.357. The highest BCUT2D eigenvalue weighted by molar-refractivity contribution is 6.07. The third kappa shape index (κ3) is 10.2. The summed E-state index contributed by atoms with van der Waals surface area (Å²) in [6.07, 6.45) is 1.59. The molecule has 2 aromatic carbocycles. The van der Waals surface area contributed by atoms with Crippen LogP contribution in [0, 0.1) is 12.7 Å². The lowest BCUT2D eigenvalue weighted by atomic mass is 10.0. The number of allylic oxidation sites excluding steroid dienone is 1. The zero-order valence-electron chi connectivity index (χ0n) is 21.9. The molecule has 0 spiro atoms. The molecule has 2 aromatic rings. The van der Waals surface area contributed by atoms with E-state index >= 15 is 0 Å². The molecule has 0 aliphatic rings. The molecule has 0 aliphatic heterocycles. The summed E-state index contributed by atoms with van der Waals surface area (Å²) >= 11 is 0. The summed E-state index contributed by atoms with van der Waals surface area (Å²) in [6.45, 7) is 8.95. The lowest BCUT2D eigenvalue weighted by molar-refractivity contribution is -0.124. The molecule has 2 atom stereocenters. The lowest BCUT2D eigenvalue weighted by Crippen LogP contribution is -2.40. The Labute approximate surface area is 213 Å². The number of likely N-dealkylation sites (N-methyl/N-ethyl adjacent to an activating group) is 1. The number of rotatable bonds is 8. The Balaban J connectivity index is 0.000000789. The van der Waals surface area contributed by atoms with E-state index in [1.807, 2.05) is 26.8 Å². The van der Waals surface area contributed by atoms with Crippen LogP contribution < -0.4 is 11.1 Å². The van der Waals surface area contributed by atoms with Crippen LogP contribution in [0.4, 0.5) is 4.39 Å². The first kappa shape index (κ1) is 30.2. The second-order valence-electron chi connectivity index (χ2n) is 8.53. The quantitative estimate of drug-likeness (QED) is 0.321. The molecule has 0 saturated heterocycles. The van der Waals surface area contributed by atoms with Crippen molar-refractivity contribution in [1.82, 2.24) is 10.2 Å². The standard InChI is InChI=1S/C22H32N4O3.C6H5F/c1-7-15(3)24-21(26(6)17(5)28)20(16(4)23)12-19(13-27)25-22(29)18-10-8-9-14(2)11-18;7-6-4-2-1-3-5-6/h8-11,13,15,19H,7,12,23H2,1-6H3,(H,25,29);1-5H/b20-16-,24-21?;. The Kier molecular flexibility index (Phi) is 12.8. The van der Waals surface area contributed by atoms with Crippen molar-refractivity contribution in [2.75, 3.05) is 7.05 Å². The number of carbonyl (C=O) groups is 3. The van der Waals surface area contributed by atoms with Gasteiger partial charge in [-0.3, -0.25) is 14.6 Å². The molecule has 0 fully saturated rings. The molecular weight excluding hydrogens is 459 g/mol. The van der Waals surface area contributed by atoms with Crippen molar-refractivity contribution >= 4 is 23.9 Å². The molecule has 8 heteroatoms. The van der Waals surface area contributed by atoms with Crippen LogP contribution in [0.25, 0.3) is 0 Å². The van der Waals surface area contributed by atoms with Gasteiger partial charge in [0, 0.05) is 43.3 Å². The van der Waals surface area contributed by atoms with Crippen LogP contribution in [0.2, 0.25) is 0 Å². The topological polar surface area (TPSA) is 105 Å². The maximum absolute atomic E-state index is 12.5. The number of amides is 2. The summed E-state index contributed by atoms with van der Waals surface area (Å²) in [6, 6.07) is 14.2. The van der Waals surface area contributed by atoms with Crippen molar-refractivity contribution in [3.63, 3.8) is 0 Å². The third-order valence-electron chi connectivity index (χ3n) is 5.39. The van der Waals surface area contributed by atoms with Gasteiger partial charge in [-0.1, -0.05) is 42.8 Å². The normalized spacial score (nSPS) is 13.4. The number of amidine groups is 1. The second-order valence-corrected chi connectivity index (χ2v) is 8.53. The van der Waals surface area contributed by atoms with Crippen molar-refractivity contribution in [3.05, 3.63) is 82.8 Å². The van der Waals surface area contributed by atoms with Gasteiger partial charge in [-0.15, -0.1) is 0 Å². The largest absolute Gasteiger partial charge is 0.402 e. The van der Waals surface area contributed by atoms with Crippen molar-refractivity contribution < 1.29 is 18.8 Å². The van der Waals surface area contributed by atoms with Crippen LogP contribution in [0.5, 0.6) is 0 Å². The van der Waals surface area contributed by atoms with Gasteiger partial charge in [-0.2, -0.15) is 0 Å². The monoisotopic (exact) mass is 496 g/mol. The molecule has 7 nitrogen and oxygen atoms in total. The molecule has 2 unspecified atom stereocenters. The van der Waals surface area contributed by atoms with Crippen LogP contribution in [0.3, 0.4) is 0 Å². The van der Waals surface area contributed by atoms with E-state index in [1.165, 1.54) is 24.0 Å². The molecule has 36 heavy (non-hydrogen) atoms. The molecule has 0 heterocycles. The number of benzene rings is 2. The number of hydrogen-bond acceptors (Lipinski definition) is 5. The smallest absolute Gasteiger partial charge is 0.251 e. The van der Waals surface area contributed by atoms with Gasteiger partial charge in [0.2, 0.25) is 5.91 Å². The van der Waals surface area contributed by atoms with E-state index in [-0.39, 0.29) is 30.1 Å². The first-order chi connectivity index (χ1) is 17.0. The van der Waals surface area contributed by atoms with Gasteiger partial charge in [0.25, 0.3) is 5.91 Å². The highest BCUT2D eigenvalue weighted by Gasteiger charge is 2.23. The summed E-state index contributed by atoms with van der Waals surface area (Å²) in [7, 11) is 1.62. The average molecular weight is 497 g/mol. The highest BCUT2D eigenvalue weighted by Crippen LogP contribution is 2.16. The number of aldehydes is 1. The number of aryl methyl sites for hydroxylation is 1. The predicted octanol–water partition coefficient (Wildman–Crippen LogP) is 4.42. The van der Waals surface area contributed by atoms with Gasteiger partial charge < -0.3 is 20.7 Å². The zero-order valence-corrected chi connectivity index (χ0v) is 21.9. The van der Waals surface area contributed by atoms with Crippen LogP contribution in [-0.2, 0) is 9.59 Å². The molecule has 2 rings (SSSR count). The van der Waals surface area contributed by atoms with Gasteiger partial charge >= 0.3 is 0 Å². The molecule has 0 saturated carbocycles. The van der Waals surface area contributed by atoms with Crippen molar-refractivity contribution in [1.29, 1.82) is 0 Å². The van der Waals surface area contributed by atoms with E-state index < -0.39 is 6.04 Å². The Morgan fingerprint density at radius 1 is 1.14 bits per heavy atom. The van der Waals surface area contributed by atoms with Gasteiger partial charge in [0.15, 0.2) is 0 Å². The maximum atomic E-state index is 12.5. The summed E-state index contributed by atoms with van der Waals surface area (Å²) in [5.74, 6) is -0.302. The molecule has 0 radical (unpaired) electrons. The predicted molar refractivity (Wildman–Crippen MR) is 142 cm³/mol. The molecule has 3 N–H and O–H groups in total. The number of halogens is 1. The van der Waals surface area contributed by atoms with Gasteiger partial charge in [0.1, 0.15) is 17.9 Å². The van der Waals surface area contributed by atoms with Gasteiger partial charge in [-0.05, 0) is 51.5 Å². The molecule has 2 amide bonds. The molecule has 0 aromatic heterocycles. The third-order valence-corrected chi connectivity index (χ3v) is 5.39. The van der Waals surface area contributed by atoms with E-state index in [1.54, 1.807) is 50.4 Å². The van der Waals surface area contributed by atoms with Crippen molar-refractivity contribution in [2.45, 2.75) is 59.5 Å². The fourth-order valence-electron chi connectivity index (χ4n) is 3.05. The minimum atomic E-state index is -0.806. The Bertz CT molecular complexity index is 1080. The Morgan fingerprint density at radius 2 is 1.78 bits per heavy atom. The second kappa shape index (κ2) is 15.2. The first-order valence-electron chi connectivity index (χ1n) is 11.8. The minimum Gasteiger partial charge on any atom is -0.402 e. The number of hydrogen-bond donors (Lipinski definition) is 2. The van der Waals surface area contributed by atoms with Crippen molar-refractivity contribution in [3.8, 4) is 0 Å². The van der Waals surface area contributed by atoms with Crippen molar-refractivity contribution in [2.24, 2.45) is 10.7 Å². The maximum Gasteiger partial charge on any atom is 0.251 e. The van der Waals surface area contributed by atoms with Crippen LogP contribution >= 0.6 is 0 Å². The highest BCUT2D eigenvalue weighted by atomic mass is 19.1. The molecule has 0 bridgehead atoms. The van der Waals surface area contributed by atoms with E-state index in [2.05, 4.69) is 10.3 Å². The zero-order chi connectivity index (χ0) is 27.3. The molecule has 194 valence electrons. The lowest BCUT2D eigenvalue weighted by Gasteiger charge is -2.24. The average Bonchev–Trinajstić information content (AvgIpc) is 2.85. The summed E-state index contributed by atoms with van der Waals surface area (Å²) in [5.41, 5.74) is 8.51. The van der Waals surface area contributed by atoms with Crippen LogP contribution in [0.15, 0.2) is 70.9 Å².